The highest BCUT2D eigenvalue weighted by Crippen LogP contribution is 2.29. The summed E-state index contributed by atoms with van der Waals surface area (Å²) < 4.78 is 18.4. The van der Waals surface area contributed by atoms with Gasteiger partial charge in [0.05, 0.1) is 31.6 Å². The van der Waals surface area contributed by atoms with E-state index in [0.29, 0.717) is 23.7 Å². The average molecular weight is 493 g/mol. The molecule has 9 nitrogen and oxygen atoms in total. The number of nitrogens with one attached hydrogen (secondary N) is 1. The first-order chi connectivity index (χ1) is 17.6. The molecule has 1 fully saturated rings. The average Bonchev–Trinajstić information content (AvgIpc) is 3.40. The lowest BCUT2D eigenvalue weighted by molar-refractivity contribution is -0.134. The molecular weight excluding hydrogens is 460 g/mol. The van der Waals surface area contributed by atoms with E-state index in [0.717, 1.165) is 49.5 Å². The van der Waals surface area contributed by atoms with E-state index in [1.165, 1.54) is 0 Å². The van der Waals surface area contributed by atoms with Crippen molar-refractivity contribution in [3.63, 3.8) is 0 Å². The maximum atomic E-state index is 12.8. The van der Waals surface area contributed by atoms with Crippen LogP contribution in [0, 0.1) is 0 Å². The molecule has 0 radical (unpaired) electrons. The third-order valence-corrected chi connectivity index (χ3v) is 5.98. The summed E-state index contributed by atoms with van der Waals surface area (Å²) in [6.07, 6.45) is 5.06. The predicted molar refractivity (Wildman–Crippen MR) is 135 cm³/mol. The summed E-state index contributed by atoms with van der Waals surface area (Å²) in [5.74, 6) is 1.35. The summed E-state index contributed by atoms with van der Waals surface area (Å²) in [6.45, 7) is 4.03. The van der Waals surface area contributed by atoms with E-state index >= 15 is 0 Å². The van der Waals surface area contributed by atoms with Gasteiger partial charge >= 0.3 is 0 Å². The van der Waals surface area contributed by atoms with Crippen molar-refractivity contribution in [2.24, 2.45) is 0 Å². The number of hydrogen-bond donors (Lipinski definition) is 1. The van der Waals surface area contributed by atoms with Gasteiger partial charge in [-0.15, -0.1) is 0 Å². The number of carbonyl (C=O) groups is 2. The number of benzene rings is 2. The predicted octanol–water partition coefficient (Wildman–Crippen LogP) is 3.60. The Morgan fingerprint density at radius 1 is 0.972 bits per heavy atom. The lowest BCUT2D eigenvalue weighted by Gasteiger charge is -2.26. The van der Waals surface area contributed by atoms with Crippen molar-refractivity contribution in [1.82, 2.24) is 20.0 Å². The van der Waals surface area contributed by atoms with Crippen molar-refractivity contribution in [2.45, 2.75) is 32.7 Å². The van der Waals surface area contributed by atoms with E-state index < -0.39 is 0 Å². The molecule has 0 atom stereocenters. The minimum Gasteiger partial charge on any atom is -0.497 e. The highest BCUT2D eigenvalue weighted by atomic mass is 16.5. The van der Waals surface area contributed by atoms with Gasteiger partial charge in [0.1, 0.15) is 5.75 Å². The third kappa shape index (κ3) is 6.35. The van der Waals surface area contributed by atoms with Crippen LogP contribution in [-0.4, -0.2) is 59.9 Å². The second kappa shape index (κ2) is 12.1. The molecule has 0 unspecified atom stereocenters. The third-order valence-electron chi connectivity index (χ3n) is 5.98. The van der Waals surface area contributed by atoms with Crippen molar-refractivity contribution in [3.8, 4) is 22.9 Å². The van der Waals surface area contributed by atoms with Gasteiger partial charge in [-0.3, -0.25) is 9.59 Å². The molecule has 9 heteroatoms. The fraction of sp³-hybridized carbons (Fsp3) is 0.370. The molecule has 1 aliphatic rings. The van der Waals surface area contributed by atoms with Gasteiger partial charge < -0.3 is 24.4 Å². The van der Waals surface area contributed by atoms with Gasteiger partial charge in [0.15, 0.2) is 18.1 Å². The van der Waals surface area contributed by atoms with Crippen LogP contribution in [0.5, 0.6) is 17.2 Å². The molecular formula is C27H32N4O5. The van der Waals surface area contributed by atoms with Gasteiger partial charge in [0.25, 0.3) is 11.8 Å². The van der Waals surface area contributed by atoms with Crippen LogP contribution in [0.15, 0.2) is 54.7 Å². The maximum Gasteiger partial charge on any atom is 0.260 e. The molecule has 1 aliphatic heterocycles. The molecule has 2 heterocycles. The maximum absolute atomic E-state index is 12.8. The summed E-state index contributed by atoms with van der Waals surface area (Å²) in [7, 11) is 1.62. The number of carbonyl (C=O) groups excluding carboxylic acids is 2. The van der Waals surface area contributed by atoms with Gasteiger partial charge in [0.2, 0.25) is 0 Å². The summed E-state index contributed by atoms with van der Waals surface area (Å²) in [6, 6.07) is 14.4. The lowest BCUT2D eigenvalue weighted by Crippen LogP contribution is -2.38. The minimum absolute atomic E-state index is 0.0342. The highest BCUT2D eigenvalue weighted by Gasteiger charge is 2.18. The van der Waals surface area contributed by atoms with E-state index in [-0.39, 0.29) is 25.0 Å². The van der Waals surface area contributed by atoms with Gasteiger partial charge in [-0.05, 0) is 74.7 Å². The van der Waals surface area contributed by atoms with Crippen molar-refractivity contribution in [1.29, 1.82) is 0 Å². The summed E-state index contributed by atoms with van der Waals surface area (Å²) in [5.41, 5.74) is 2.05. The molecule has 2 amide bonds. The Kier molecular flexibility index (Phi) is 8.44. The van der Waals surface area contributed by atoms with Crippen LogP contribution in [-0.2, 0) is 11.3 Å². The number of likely N-dealkylation sites (tertiary alicyclic amines) is 1. The Labute approximate surface area is 210 Å². The summed E-state index contributed by atoms with van der Waals surface area (Å²) in [5, 5.41) is 7.41. The second-order valence-corrected chi connectivity index (χ2v) is 8.46. The van der Waals surface area contributed by atoms with Crippen molar-refractivity contribution < 1.29 is 23.8 Å². The zero-order valence-electron chi connectivity index (χ0n) is 20.7. The van der Waals surface area contributed by atoms with Gasteiger partial charge in [-0.25, -0.2) is 4.68 Å². The number of piperidine rings is 1. The van der Waals surface area contributed by atoms with Crippen molar-refractivity contribution in [2.75, 3.05) is 33.4 Å². The van der Waals surface area contributed by atoms with Crippen LogP contribution >= 0.6 is 0 Å². The second-order valence-electron chi connectivity index (χ2n) is 8.46. The van der Waals surface area contributed by atoms with Crippen LogP contribution in [0.2, 0.25) is 0 Å². The molecule has 0 saturated carbocycles. The zero-order chi connectivity index (χ0) is 25.3. The molecule has 4 rings (SSSR count). The van der Waals surface area contributed by atoms with E-state index in [1.54, 1.807) is 30.0 Å². The SMILES string of the molecule is CCOc1cc(C(=O)NCc2ccn(-c3ccc(OC)cc3)n2)ccc1OCC(=O)N1CCCCC1. The smallest absolute Gasteiger partial charge is 0.260 e. The van der Waals surface area contributed by atoms with Crippen LogP contribution in [0.4, 0.5) is 0 Å². The topological polar surface area (TPSA) is 94.9 Å². The Bertz CT molecular complexity index is 1170. The monoisotopic (exact) mass is 492 g/mol. The Balaban J connectivity index is 1.35. The normalized spacial score (nSPS) is 13.2. The highest BCUT2D eigenvalue weighted by molar-refractivity contribution is 5.94. The number of rotatable bonds is 10. The fourth-order valence-corrected chi connectivity index (χ4v) is 4.02. The Morgan fingerprint density at radius 3 is 2.47 bits per heavy atom. The molecule has 0 spiro atoms. The number of hydrogen-bond acceptors (Lipinski definition) is 6. The standard InChI is InChI=1S/C27H32N4O5/c1-3-35-25-17-20(7-12-24(25)36-19-26(32)30-14-5-4-6-15-30)27(33)28-18-21-13-16-31(29-21)22-8-10-23(34-2)11-9-22/h7-13,16-17H,3-6,14-15,18-19H2,1-2H3,(H,28,33). The Morgan fingerprint density at radius 2 is 1.75 bits per heavy atom. The van der Waals surface area contributed by atoms with Crippen molar-refractivity contribution in [3.05, 3.63) is 66.0 Å². The molecule has 1 N–H and O–H groups in total. The number of nitrogens with zero attached hydrogens (tertiary/aromatic N) is 3. The largest absolute Gasteiger partial charge is 0.497 e. The quantitative estimate of drug-likeness (QED) is 0.465. The van der Waals surface area contributed by atoms with E-state index in [2.05, 4.69) is 10.4 Å². The number of ether oxygens (including phenoxy) is 3. The first-order valence-corrected chi connectivity index (χ1v) is 12.2. The van der Waals surface area contributed by atoms with Gasteiger partial charge in [-0.2, -0.15) is 5.10 Å². The first kappa shape index (κ1) is 25.1. The molecule has 3 aromatic rings. The first-order valence-electron chi connectivity index (χ1n) is 12.2. The van der Waals surface area contributed by atoms with E-state index in [4.69, 9.17) is 14.2 Å². The van der Waals surface area contributed by atoms with Gasteiger partial charge in [-0.1, -0.05) is 0 Å². The molecule has 190 valence electrons. The summed E-state index contributed by atoms with van der Waals surface area (Å²) >= 11 is 0. The van der Waals surface area contributed by atoms with Crippen LogP contribution in [0.1, 0.15) is 42.2 Å². The lowest BCUT2D eigenvalue weighted by atomic mass is 10.1. The Hall–Kier alpha value is -4.01. The van der Waals surface area contributed by atoms with Crippen LogP contribution in [0.25, 0.3) is 5.69 Å². The van der Waals surface area contributed by atoms with E-state index in [9.17, 15) is 9.59 Å². The number of amides is 2. The molecule has 1 saturated heterocycles. The molecule has 2 aromatic carbocycles. The molecule has 0 bridgehead atoms. The van der Waals surface area contributed by atoms with Gasteiger partial charge in [0, 0.05) is 24.8 Å². The zero-order valence-corrected chi connectivity index (χ0v) is 20.7. The summed E-state index contributed by atoms with van der Waals surface area (Å²) in [4.78, 5) is 27.1. The van der Waals surface area contributed by atoms with Crippen LogP contribution in [0.3, 0.4) is 0 Å². The fourth-order valence-electron chi connectivity index (χ4n) is 4.02. The van der Waals surface area contributed by atoms with E-state index in [1.807, 2.05) is 48.4 Å². The van der Waals surface area contributed by atoms with Crippen molar-refractivity contribution >= 4 is 11.8 Å². The van der Waals surface area contributed by atoms with Crippen LogP contribution < -0.4 is 19.5 Å². The molecule has 36 heavy (non-hydrogen) atoms. The number of methoxy groups -OCH3 is 1. The number of aromatic nitrogens is 2. The molecule has 1 aromatic heterocycles. The molecule has 0 aliphatic carbocycles. The minimum atomic E-state index is -0.258.